The van der Waals surface area contributed by atoms with Crippen molar-refractivity contribution in [3.8, 4) is 0 Å². The molecule has 2 aromatic carbocycles. The minimum Gasteiger partial charge on any atom is -0.296 e. The Morgan fingerprint density at radius 2 is 1.60 bits per heavy atom. The first-order chi connectivity index (χ1) is 9.66. The van der Waals surface area contributed by atoms with Crippen LogP contribution in [0.25, 0.3) is 0 Å². The second-order valence-corrected chi connectivity index (χ2v) is 5.07. The molecule has 3 nitrogen and oxygen atoms in total. The van der Waals surface area contributed by atoms with Crippen LogP contribution in [-0.2, 0) is 11.2 Å². The predicted molar refractivity (Wildman–Crippen MR) is 83.0 cm³/mol. The van der Waals surface area contributed by atoms with Crippen LogP contribution in [0, 0.1) is 0 Å². The van der Waals surface area contributed by atoms with Gasteiger partial charge in [-0.15, -0.1) is 0 Å². The third-order valence-corrected chi connectivity index (χ3v) is 3.40. The molecule has 2 rings (SSSR count). The molecule has 2 N–H and O–H groups in total. The largest absolute Gasteiger partial charge is 0.296 e. The molecule has 0 unspecified atom stereocenters. The average Bonchev–Trinajstić information content (AvgIpc) is 2.46. The lowest BCUT2D eigenvalue weighted by atomic mass is 10.1. The summed E-state index contributed by atoms with van der Waals surface area (Å²) in [7, 11) is 0. The number of hydrogen-bond acceptors (Lipinski definition) is 2. The zero-order chi connectivity index (χ0) is 14.4. The van der Waals surface area contributed by atoms with Gasteiger partial charge in [0.25, 0.3) is 0 Å². The second-order valence-electron chi connectivity index (χ2n) is 4.26. The number of anilines is 1. The maximum Gasteiger partial charge on any atom is 0.238 e. The van der Waals surface area contributed by atoms with Crippen molar-refractivity contribution in [2.75, 3.05) is 5.43 Å². The Balaban J connectivity index is 1.84. The van der Waals surface area contributed by atoms with Gasteiger partial charge in [-0.2, -0.15) is 0 Å². The Labute approximate surface area is 127 Å². The molecule has 0 radical (unpaired) electrons. The van der Waals surface area contributed by atoms with Crippen molar-refractivity contribution in [2.45, 2.75) is 12.8 Å². The number of amides is 1. The van der Waals surface area contributed by atoms with Gasteiger partial charge in [-0.05, 0) is 24.1 Å². The summed E-state index contributed by atoms with van der Waals surface area (Å²) in [6.07, 6.45) is 1.07. The molecule has 0 heterocycles. The quantitative estimate of drug-likeness (QED) is 0.818. The van der Waals surface area contributed by atoms with Crippen LogP contribution < -0.4 is 10.9 Å². The smallest absolute Gasteiger partial charge is 0.238 e. The molecule has 0 aliphatic carbocycles. The van der Waals surface area contributed by atoms with Crippen LogP contribution in [-0.4, -0.2) is 5.91 Å². The fourth-order valence-corrected chi connectivity index (χ4v) is 2.21. The molecule has 0 saturated carbocycles. The zero-order valence-electron chi connectivity index (χ0n) is 10.7. The fourth-order valence-electron chi connectivity index (χ4n) is 1.71. The first kappa shape index (κ1) is 14.7. The summed E-state index contributed by atoms with van der Waals surface area (Å²) in [5.74, 6) is -0.121. The highest BCUT2D eigenvalue weighted by Crippen LogP contribution is 2.28. The molecular formula is C15H14Cl2N2O. The van der Waals surface area contributed by atoms with Crippen molar-refractivity contribution in [3.05, 3.63) is 64.1 Å². The lowest BCUT2D eigenvalue weighted by Crippen LogP contribution is -2.29. The van der Waals surface area contributed by atoms with Gasteiger partial charge < -0.3 is 0 Å². The molecule has 0 atom stereocenters. The molecule has 5 heteroatoms. The van der Waals surface area contributed by atoms with Gasteiger partial charge in [-0.3, -0.25) is 15.6 Å². The molecule has 104 valence electrons. The highest BCUT2D eigenvalue weighted by molar-refractivity contribution is 6.39. The summed E-state index contributed by atoms with van der Waals surface area (Å²) in [6.45, 7) is 0. The van der Waals surface area contributed by atoms with Crippen LogP contribution in [0.1, 0.15) is 12.0 Å². The Bertz CT molecular complexity index is 567. The Kier molecular flexibility index (Phi) is 5.27. The first-order valence-electron chi connectivity index (χ1n) is 6.19. The molecule has 0 saturated heterocycles. The van der Waals surface area contributed by atoms with Gasteiger partial charge in [0.15, 0.2) is 0 Å². The summed E-state index contributed by atoms with van der Waals surface area (Å²) in [5, 5.41) is 0.918. The maximum atomic E-state index is 11.8. The minimum absolute atomic E-state index is 0.121. The normalized spacial score (nSPS) is 10.1. The third kappa shape index (κ3) is 4.15. The van der Waals surface area contributed by atoms with Crippen LogP contribution in [0.15, 0.2) is 48.5 Å². The SMILES string of the molecule is O=C(CCc1ccccc1)NNc1c(Cl)cccc1Cl. The van der Waals surface area contributed by atoms with E-state index in [0.717, 1.165) is 5.56 Å². The summed E-state index contributed by atoms with van der Waals surface area (Å²) in [5.41, 5.74) is 6.97. The van der Waals surface area contributed by atoms with E-state index in [-0.39, 0.29) is 5.91 Å². The standard InChI is InChI=1S/C15H14Cl2N2O/c16-12-7-4-8-13(17)15(12)19-18-14(20)10-9-11-5-2-1-3-6-11/h1-8,19H,9-10H2,(H,18,20). The number of aryl methyl sites for hydroxylation is 1. The second kappa shape index (κ2) is 7.17. The van der Waals surface area contributed by atoms with E-state index in [9.17, 15) is 4.79 Å². The fraction of sp³-hybridized carbons (Fsp3) is 0.133. The Hall–Kier alpha value is -1.71. The number of hydrogen-bond donors (Lipinski definition) is 2. The topological polar surface area (TPSA) is 41.1 Å². The van der Waals surface area contributed by atoms with Gasteiger partial charge in [0, 0.05) is 6.42 Å². The van der Waals surface area contributed by atoms with Gasteiger partial charge >= 0.3 is 0 Å². The molecule has 0 bridgehead atoms. The highest BCUT2D eigenvalue weighted by atomic mass is 35.5. The maximum absolute atomic E-state index is 11.8. The number of nitrogens with one attached hydrogen (secondary N) is 2. The summed E-state index contributed by atoms with van der Waals surface area (Å²) >= 11 is 12.0. The van der Waals surface area contributed by atoms with Crippen molar-refractivity contribution in [1.82, 2.24) is 5.43 Å². The van der Waals surface area contributed by atoms with Crippen molar-refractivity contribution in [1.29, 1.82) is 0 Å². The number of benzene rings is 2. The van der Waals surface area contributed by atoms with Gasteiger partial charge in [0.2, 0.25) is 5.91 Å². The van der Waals surface area contributed by atoms with Crippen molar-refractivity contribution >= 4 is 34.8 Å². The number of rotatable bonds is 5. The lowest BCUT2D eigenvalue weighted by Gasteiger charge is -2.11. The monoisotopic (exact) mass is 308 g/mol. The molecule has 1 amide bonds. The number of carbonyl (C=O) groups is 1. The van der Waals surface area contributed by atoms with Crippen LogP contribution in [0.4, 0.5) is 5.69 Å². The van der Waals surface area contributed by atoms with E-state index in [1.807, 2.05) is 30.3 Å². The van der Waals surface area contributed by atoms with Crippen LogP contribution >= 0.6 is 23.2 Å². The Morgan fingerprint density at radius 3 is 2.25 bits per heavy atom. The van der Waals surface area contributed by atoms with Crippen LogP contribution in [0.5, 0.6) is 0 Å². The molecule has 0 aromatic heterocycles. The van der Waals surface area contributed by atoms with Gasteiger partial charge in [-0.1, -0.05) is 59.6 Å². The van der Waals surface area contributed by atoms with Gasteiger partial charge in [-0.25, -0.2) is 0 Å². The Morgan fingerprint density at radius 1 is 0.950 bits per heavy atom. The van der Waals surface area contributed by atoms with E-state index < -0.39 is 0 Å². The highest BCUT2D eigenvalue weighted by Gasteiger charge is 2.06. The molecule has 0 fully saturated rings. The van der Waals surface area contributed by atoms with Crippen LogP contribution in [0.3, 0.4) is 0 Å². The van der Waals surface area contributed by atoms with Crippen molar-refractivity contribution in [2.24, 2.45) is 0 Å². The average molecular weight is 309 g/mol. The van der Waals surface area contributed by atoms with Crippen molar-refractivity contribution in [3.63, 3.8) is 0 Å². The molecule has 0 aliphatic heterocycles. The van der Waals surface area contributed by atoms with E-state index in [2.05, 4.69) is 10.9 Å². The number of para-hydroxylation sites is 1. The summed E-state index contributed by atoms with van der Waals surface area (Å²) in [4.78, 5) is 11.8. The number of halogens is 2. The van der Waals surface area contributed by atoms with E-state index in [4.69, 9.17) is 23.2 Å². The van der Waals surface area contributed by atoms with E-state index in [1.54, 1.807) is 18.2 Å². The molecule has 0 spiro atoms. The summed E-state index contributed by atoms with van der Waals surface area (Å²) < 4.78 is 0. The molecule has 2 aromatic rings. The predicted octanol–water partition coefficient (Wildman–Crippen LogP) is 4.07. The first-order valence-corrected chi connectivity index (χ1v) is 6.95. The summed E-state index contributed by atoms with van der Waals surface area (Å²) in [6, 6.07) is 15.0. The lowest BCUT2D eigenvalue weighted by molar-refractivity contribution is -0.120. The molecule has 20 heavy (non-hydrogen) atoms. The number of hydrazine groups is 1. The zero-order valence-corrected chi connectivity index (χ0v) is 12.2. The molecule has 0 aliphatic rings. The van der Waals surface area contributed by atoms with Crippen molar-refractivity contribution < 1.29 is 4.79 Å². The van der Waals surface area contributed by atoms with E-state index in [0.29, 0.717) is 28.6 Å². The minimum atomic E-state index is -0.121. The van der Waals surface area contributed by atoms with E-state index in [1.165, 1.54) is 0 Å². The van der Waals surface area contributed by atoms with Gasteiger partial charge in [0.1, 0.15) is 0 Å². The van der Waals surface area contributed by atoms with Crippen LogP contribution in [0.2, 0.25) is 10.0 Å². The number of carbonyl (C=O) groups excluding carboxylic acids is 1. The van der Waals surface area contributed by atoms with Gasteiger partial charge in [0.05, 0.1) is 15.7 Å². The third-order valence-electron chi connectivity index (χ3n) is 2.77. The van der Waals surface area contributed by atoms with E-state index >= 15 is 0 Å². The molecular weight excluding hydrogens is 295 g/mol.